The smallest absolute Gasteiger partial charge is 0.305 e. The van der Waals surface area contributed by atoms with E-state index >= 15 is 0 Å². The van der Waals surface area contributed by atoms with Gasteiger partial charge in [-0.05, 0) is 6.42 Å². The molecule has 0 aromatic carbocycles. The Labute approximate surface area is 124 Å². The Balaban J connectivity index is 3.23. The molecule has 0 atom stereocenters. The average Bonchev–Trinajstić information content (AvgIpc) is 2.35. The highest BCUT2D eigenvalue weighted by Crippen LogP contribution is 2.10. The first-order chi connectivity index (χ1) is 9.45. The first-order valence-electron chi connectivity index (χ1n) is 8.15. The Morgan fingerprint density at radius 2 is 1.45 bits per heavy atom. The minimum Gasteiger partial charge on any atom is -0.633 e. The molecule has 0 aromatic rings. The maximum absolute atomic E-state index is 11.4. The second-order valence-electron chi connectivity index (χ2n) is 6.10. The average molecular weight is 287 g/mol. The van der Waals surface area contributed by atoms with Gasteiger partial charge in [0.1, 0.15) is 13.2 Å². The van der Waals surface area contributed by atoms with Crippen LogP contribution in [0, 0.1) is 5.21 Å². The van der Waals surface area contributed by atoms with E-state index in [0.29, 0.717) is 13.0 Å². The van der Waals surface area contributed by atoms with E-state index in [4.69, 9.17) is 4.74 Å². The molecule has 0 saturated heterocycles. The molecule has 0 aliphatic heterocycles. The van der Waals surface area contributed by atoms with Gasteiger partial charge in [0.05, 0.1) is 14.1 Å². The molecule has 0 rings (SSSR count). The third kappa shape index (κ3) is 15.4. The van der Waals surface area contributed by atoms with Crippen LogP contribution in [0.25, 0.3) is 0 Å². The van der Waals surface area contributed by atoms with Gasteiger partial charge in [0.2, 0.25) is 0 Å². The lowest BCUT2D eigenvalue weighted by molar-refractivity contribution is -0.840. The van der Waals surface area contributed by atoms with Crippen molar-refractivity contribution in [3.8, 4) is 0 Å². The van der Waals surface area contributed by atoms with Crippen LogP contribution in [0.4, 0.5) is 0 Å². The molecule has 0 heterocycles. The zero-order valence-electron chi connectivity index (χ0n) is 13.7. The lowest BCUT2D eigenvalue weighted by Gasteiger charge is -2.33. The molecule has 0 aliphatic rings. The van der Waals surface area contributed by atoms with Gasteiger partial charge < -0.3 is 14.6 Å². The van der Waals surface area contributed by atoms with Crippen LogP contribution in [0.3, 0.4) is 0 Å². The van der Waals surface area contributed by atoms with Gasteiger partial charge in [-0.2, -0.15) is 0 Å². The van der Waals surface area contributed by atoms with Crippen LogP contribution in [0.2, 0.25) is 0 Å². The number of carbonyl (C=O) groups excluding carboxylic acids is 1. The summed E-state index contributed by atoms with van der Waals surface area (Å²) in [5.41, 5.74) is 0. The van der Waals surface area contributed by atoms with E-state index in [0.717, 1.165) is 12.8 Å². The standard InChI is InChI=1S/C16H33NO3/c1-4-5-6-7-8-9-10-11-12-13-16(18)20-15-14-17(2,3)19/h4-15H2,1-3H3. The highest BCUT2D eigenvalue weighted by atomic mass is 16.6. The van der Waals surface area contributed by atoms with Crippen molar-refractivity contribution < 1.29 is 14.2 Å². The van der Waals surface area contributed by atoms with Gasteiger partial charge in [0, 0.05) is 6.42 Å². The summed E-state index contributed by atoms with van der Waals surface area (Å²) in [6, 6.07) is 0. The Morgan fingerprint density at radius 3 is 1.95 bits per heavy atom. The number of esters is 1. The molecule has 20 heavy (non-hydrogen) atoms. The number of hydrogen-bond acceptors (Lipinski definition) is 3. The topological polar surface area (TPSA) is 49.4 Å². The van der Waals surface area contributed by atoms with Crippen molar-refractivity contribution in [2.45, 2.75) is 71.1 Å². The molecular formula is C16H33NO3. The SMILES string of the molecule is CCCCCCCCCCCC(=O)OCC[N+](C)(C)[O-]. The molecular weight excluding hydrogens is 254 g/mol. The highest BCUT2D eigenvalue weighted by molar-refractivity contribution is 5.69. The first-order valence-corrected chi connectivity index (χ1v) is 8.15. The Bertz CT molecular complexity index is 236. The molecule has 0 N–H and O–H groups in total. The van der Waals surface area contributed by atoms with Gasteiger partial charge in [-0.25, -0.2) is 0 Å². The van der Waals surface area contributed by atoms with Crippen LogP contribution in [0.1, 0.15) is 71.1 Å². The molecule has 0 saturated carbocycles. The van der Waals surface area contributed by atoms with E-state index in [-0.39, 0.29) is 12.6 Å². The summed E-state index contributed by atoms with van der Waals surface area (Å²) in [4.78, 5) is 11.4. The third-order valence-electron chi connectivity index (χ3n) is 3.38. The van der Waals surface area contributed by atoms with E-state index in [1.54, 1.807) is 14.1 Å². The summed E-state index contributed by atoms with van der Waals surface area (Å²) in [5, 5.41) is 11.3. The van der Waals surface area contributed by atoms with Crippen LogP contribution in [-0.2, 0) is 9.53 Å². The predicted molar refractivity (Wildman–Crippen MR) is 83.1 cm³/mol. The number of quaternary nitrogens is 1. The number of unbranched alkanes of at least 4 members (excludes halogenated alkanes) is 8. The molecule has 0 aliphatic carbocycles. The minimum absolute atomic E-state index is 0.165. The van der Waals surface area contributed by atoms with Crippen molar-refractivity contribution in [2.24, 2.45) is 0 Å². The number of rotatable bonds is 13. The molecule has 4 heteroatoms. The minimum atomic E-state index is -0.411. The quantitative estimate of drug-likeness (QED) is 0.222. The summed E-state index contributed by atoms with van der Waals surface area (Å²) >= 11 is 0. The second-order valence-corrected chi connectivity index (χ2v) is 6.10. The van der Waals surface area contributed by atoms with Crippen molar-refractivity contribution in [1.82, 2.24) is 0 Å². The van der Waals surface area contributed by atoms with Gasteiger partial charge in [-0.1, -0.05) is 58.3 Å². The molecule has 0 radical (unpaired) electrons. The number of likely N-dealkylation sites (N-methyl/N-ethyl adjacent to an activating group) is 1. The van der Waals surface area contributed by atoms with Gasteiger partial charge in [0.25, 0.3) is 0 Å². The summed E-state index contributed by atoms with van der Waals surface area (Å²) in [7, 11) is 3.10. The van der Waals surface area contributed by atoms with Crippen molar-refractivity contribution in [3.05, 3.63) is 5.21 Å². The molecule has 0 bridgehead atoms. The molecule has 0 amide bonds. The maximum atomic E-state index is 11.4. The fourth-order valence-corrected chi connectivity index (χ4v) is 2.03. The van der Waals surface area contributed by atoms with Crippen LogP contribution in [0.15, 0.2) is 0 Å². The fourth-order valence-electron chi connectivity index (χ4n) is 2.03. The van der Waals surface area contributed by atoms with E-state index in [1.165, 1.54) is 44.9 Å². The van der Waals surface area contributed by atoms with Gasteiger partial charge in [-0.3, -0.25) is 4.79 Å². The second kappa shape index (κ2) is 12.2. The van der Waals surface area contributed by atoms with E-state index < -0.39 is 4.65 Å². The van der Waals surface area contributed by atoms with E-state index in [1.807, 2.05) is 0 Å². The Morgan fingerprint density at radius 1 is 0.950 bits per heavy atom. The maximum Gasteiger partial charge on any atom is 0.305 e. The molecule has 4 nitrogen and oxygen atoms in total. The number of hydrogen-bond donors (Lipinski definition) is 0. The monoisotopic (exact) mass is 287 g/mol. The highest BCUT2D eigenvalue weighted by Gasteiger charge is 2.06. The van der Waals surface area contributed by atoms with E-state index in [2.05, 4.69) is 6.92 Å². The molecule has 0 unspecified atom stereocenters. The van der Waals surface area contributed by atoms with Crippen LogP contribution >= 0.6 is 0 Å². The van der Waals surface area contributed by atoms with Crippen LogP contribution in [0.5, 0.6) is 0 Å². The van der Waals surface area contributed by atoms with Gasteiger partial charge in [0.15, 0.2) is 0 Å². The number of nitrogens with zero attached hydrogens (tertiary/aromatic N) is 1. The summed E-state index contributed by atoms with van der Waals surface area (Å²) in [5.74, 6) is -0.165. The molecule has 0 spiro atoms. The van der Waals surface area contributed by atoms with Crippen molar-refractivity contribution >= 4 is 5.97 Å². The zero-order valence-corrected chi connectivity index (χ0v) is 13.7. The number of carbonyl (C=O) groups is 1. The fraction of sp³-hybridized carbons (Fsp3) is 0.938. The third-order valence-corrected chi connectivity index (χ3v) is 3.38. The molecule has 0 fully saturated rings. The summed E-state index contributed by atoms with van der Waals surface area (Å²) < 4.78 is 4.62. The Hall–Kier alpha value is -0.610. The van der Waals surface area contributed by atoms with Crippen LogP contribution in [-0.4, -0.2) is 37.9 Å². The normalized spacial score (nSPS) is 11.6. The van der Waals surface area contributed by atoms with Gasteiger partial charge in [-0.15, -0.1) is 0 Å². The van der Waals surface area contributed by atoms with Crippen molar-refractivity contribution in [1.29, 1.82) is 0 Å². The summed E-state index contributed by atoms with van der Waals surface area (Å²) in [6.45, 7) is 2.78. The zero-order chi connectivity index (χ0) is 15.3. The molecule has 120 valence electrons. The Kier molecular flexibility index (Phi) is 11.8. The van der Waals surface area contributed by atoms with E-state index in [9.17, 15) is 10.0 Å². The number of ether oxygens (including phenoxy) is 1. The lowest BCUT2D eigenvalue weighted by Crippen LogP contribution is -2.36. The van der Waals surface area contributed by atoms with Gasteiger partial charge >= 0.3 is 5.97 Å². The predicted octanol–water partition coefficient (Wildman–Crippen LogP) is 4.02. The van der Waals surface area contributed by atoms with Crippen molar-refractivity contribution in [3.63, 3.8) is 0 Å². The largest absolute Gasteiger partial charge is 0.633 e. The molecule has 0 aromatic heterocycles. The van der Waals surface area contributed by atoms with Crippen LogP contribution < -0.4 is 0 Å². The summed E-state index contributed by atoms with van der Waals surface area (Å²) in [6.07, 6.45) is 11.7. The lowest BCUT2D eigenvalue weighted by atomic mass is 10.1. The first kappa shape index (κ1) is 19.4. The van der Waals surface area contributed by atoms with Crippen molar-refractivity contribution in [2.75, 3.05) is 27.2 Å². The number of hydroxylamine groups is 3.